The molecule has 1 aliphatic heterocycles. The van der Waals surface area contributed by atoms with Gasteiger partial charge in [-0.3, -0.25) is 4.79 Å². The molecule has 24 heavy (non-hydrogen) atoms. The molecule has 3 rings (SSSR count). The van der Waals surface area contributed by atoms with Gasteiger partial charge in [0.1, 0.15) is 0 Å². The average Bonchev–Trinajstić information content (AvgIpc) is 2.62. The molecule has 1 N–H and O–H groups in total. The second kappa shape index (κ2) is 8.56. The van der Waals surface area contributed by atoms with Gasteiger partial charge in [0, 0.05) is 27.8 Å². The molecule has 1 aliphatic rings. The van der Waals surface area contributed by atoms with Gasteiger partial charge in [-0.2, -0.15) is 0 Å². The van der Waals surface area contributed by atoms with Crippen LogP contribution in [0.15, 0.2) is 53.4 Å². The molecule has 1 unspecified atom stereocenters. The predicted molar refractivity (Wildman–Crippen MR) is 98.8 cm³/mol. The van der Waals surface area contributed by atoms with Crippen molar-refractivity contribution in [2.24, 2.45) is 0 Å². The van der Waals surface area contributed by atoms with Gasteiger partial charge in [-0.1, -0.05) is 23.7 Å². The SMILES string of the molecule is O=C(NC1CCCOC1)c1ccc(CSc2ccc(Cl)cc2)cc1. The van der Waals surface area contributed by atoms with E-state index in [9.17, 15) is 4.79 Å². The third-order valence-electron chi connectivity index (χ3n) is 3.93. The molecule has 1 saturated heterocycles. The van der Waals surface area contributed by atoms with E-state index in [1.807, 2.05) is 48.5 Å². The third kappa shape index (κ3) is 5.00. The van der Waals surface area contributed by atoms with E-state index >= 15 is 0 Å². The van der Waals surface area contributed by atoms with Crippen LogP contribution in [-0.2, 0) is 10.5 Å². The molecular weight excluding hydrogens is 342 g/mol. The molecule has 0 radical (unpaired) electrons. The highest BCUT2D eigenvalue weighted by atomic mass is 35.5. The molecule has 0 saturated carbocycles. The van der Waals surface area contributed by atoms with Crippen molar-refractivity contribution in [2.75, 3.05) is 13.2 Å². The summed E-state index contributed by atoms with van der Waals surface area (Å²) in [6, 6.07) is 15.7. The van der Waals surface area contributed by atoms with Crippen molar-refractivity contribution in [3.8, 4) is 0 Å². The second-order valence-electron chi connectivity index (χ2n) is 5.83. The zero-order chi connectivity index (χ0) is 16.8. The predicted octanol–water partition coefficient (Wildman–Crippen LogP) is 4.54. The molecule has 1 heterocycles. The Morgan fingerprint density at radius 3 is 2.58 bits per heavy atom. The summed E-state index contributed by atoms with van der Waals surface area (Å²) in [5.74, 6) is 0.836. The summed E-state index contributed by atoms with van der Waals surface area (Å²) in [5.41, 5.74) is 1.88. The number of amides is 1. The average molecular weight is 362 g/mol. The molecule has 1 atom stereocenters. The zero-order valence-corrected chi connectivity index (χ0v) is 14.9. The van der Waals surface area contributed by atoms with E-state index in [4.69, 9.17) is 16.3 Å². The Hall–Kier alpha value is -1.49. The maximum atomic E-state index is 12.3. The van der Waals surface area contributed by atoms with Crippen molar-refractivity contribution in [1.29, 1.82) is 0 Å². The fourth-order valence-corrected chi connectivity index (χ4v) is 3.55. The largest absolute Gasteiger partial charge is 0.379 e. The van der Waals surface area contributed by atoms with Gasteiger partial charge in [0.15, 0.2) is 0 Å². The fourth-order valence-electron chi connectivity index (χ4n) is 2.57. The smallest absolute Gasteiger partial charge is 0.251 e. The topological polar surface area (TPSA) is 38.3 Å². The zero-order valence-electron chi connectivity index (χ0n) is 13.3. The Labute approximate surface area is 151 Å². The number of ether oxygens (including phenoxy) is 1. The Morgan fingerprint density at radius 1 is 1.17 bits per heavy atom. The number of hydrogen-bond donors (Lipinski definition) is 1. The quantitative estimate of drug-likeness (QED) is 0.794. The van der Waals surface area contributed by atoms with E-state index in [-0.39, 0.29) is 11.9 Å². The van der Waals surface area contributed by atoms with Crippen LogP contribution in [0.5, 0.6) is 0 Å². The van der Waals surface area contributed by atoms with Crippen molar-refractivity contribution in [1.82, 2.24) is 5.32 Å². The molecule has 126 valence electrons. The number of hydrogen-bond acceptors (Lipinski definition) is 3. The minimum Gasteiger partial charge on any atom is -0.379 e. The fraction of sp³-hybridized carbons (Fsp3) is 0.316. The van der Waals surface area contributed by atoms with E-state index < -0.39 is 0 Å². The minimum absolute atomic E-state index is 0.0256. The van der Waals surface area contributed by atoms with Crippen LogP contribution in [0.25, 0.3) is 0 Å². The maximum absolute atomic E-state index is 12.3. The molecule has 1 fully saturated rings. The highest BCUT2D eigenvalue weighted by molar-refractivity contribution is 7.98. The molecular formula is C19H20ClNO2S. The molecule has 1 amide bonds. The van der Waals surface area contributed by atoms with Crippen LogP contribution in [0.1, 0.15) is 28.8 Å². The highest BCUT2D eigenvalue weighted by Crippen LogP contribution is 2.24. The summed E-state index contributed by atoms with van der Waals surface area (Å²) >= 11 is 7.64. The number of carbonyl (C=O) groups is 1. The van der Waals surface area contributed by atoms with E-state index in [1.165, 1.54) is 10.5 Å². The van der Waals surface area contributed by atoms with E-state index in [0.717, 1.165) is 30.2 Å². The number of carbonyl (C=O) groups excluding carboxylic acids is 1. The Bertz CT molecular complexity index is 667. The number of thioether (sulfide) groups is 1. The van der Waals surface area contributed by atoms with Gasteiger partial charge in [0.05, 0.1) is 12.6 Å². The van der Waals surface area contributed by atoms with Gasteiger partial charge < -0.3 is 10.1 Å². The molecule has 2 aromatic rings. The minimum atomic E-state index is -0.0256. The van der Waals surface area contributed by atoms with E-state index in [2.05, 4.69) is 5.32 Å². The van der Waals surface area contributed by atoms with Crippen molar-refractivity contribution >= 4 is 29.3 Å². The van der Waals surface area contributed by atoms with Crippen LogP contribution in [0.2, 0.25) is 5.02 Å². The standard InChI is InChI=1S/C19H20ClNO2S/c20-16-7-9-18(10-8-16)24-13-14-3-5-15(6-4-14)19(22)21-17-2-1-11-23-12-17/h3-10,17H,1-2,11-13H2,(H,21,22). The van der Waals surface area contributed by atoms with Crippen molar-refractivity contribution < 1.29 is 9.53 Å². The lowest BCUT2D eigenvalue weighted by atomic mass is 10.1. The number of benzene rings is 2. The Kier molecular flexibility index (Phi) is 6.18. The first-order valence-corrected chi connectivity index (χ1v) is 9.43. The van der Waals surface area contributed by atoms with Crippen molar-refractivity contribution in [2.45, 2.75) is 29.5 Å². The van der Waals surface area contributed by atoms with Gasteiger partial charge >= 0.3 is 0 Å². The summed E-state index contributed by atoms with van der Waals surface area (Å²) in [5, 5.41) is 3.78. The van der Waals surface area contributed by atoms with Crippen LogP contribution in [0.4, 0.5) is 0 Å². The van der Waals surface area contributed by atoms with Crippen LogP contribution in [0, 0.1) is 0 Å². The third-order valence-corrected chi connectivity index (χ3v) is 5.27. The monoisotopic (exact) mass is 361 g/mol. The lowest BCUT2D eigenvalue weighted by Crippen LogP contribution is -2.40. The first-order chi connectivity index (χ1) is 11.7. The number of halogens is 1. The van der Waals surface area contributed by atoms with Gasteiger partial charge in [0.25, 0.3) is 5.91 Å². The van der Waals surface area contributed by atoms with Crippen LogP contribution < -0.4 is 5.32 Å². The molecule has 0 aromatic heterocycles. The first kappa shape index (κ1) is 17.3. The van der Waals surface area contributed by atoms with E-state index in [1.54, 1.807) is 11.8 Å². The van der Waals surface area contributed by atoms with Gasteiger partial charge in [-0.25, -0.2) is 0 Å². The number of rotatable bonds is 5. The van der Waals surface area contributed by atoms with Gasteiger partial charge in [-0.15, -0.1) is 11.8 Å². The lowest BCUT2D eigenvalue weighted by molar-refractivity contribution is 0.0624. The summed E-state index contributed by atoms with van der Waals surface area (Å²) in [6.45, 7) is 1.41. The summed E-state index contributed by atoms with van der Waals surface area (Å²) in [6.07, 6.45) is 1.99. The molecule has 5 heteroatoms. The maximum Gasteiger partial charge on any atom is 0.251 e. The summed E-state index contributed by atoms with van der Waals surface area (Å²) in [4.78, 5) is 13.4. The molecule has 0 aliphatic carbocycles. The molecule has 0 spiro atoms. The van der Waals surface area contributed by atoms with Crippen LogP contribution >= 0.6 is 23.4 Å². The summed E-state index contributed by atoms with van der Waals surface area (Å²) < 4.78 is 5.39. The van der Waals surface area contributed by atoms with Crippen LogP contribution in [-0.4, -0.2) is 25.2 Å². The van der Waals surface area contributed by atoms with Crippen LogP contribution in [0.3, 0.4) is 0 Å². The van der Waals surface area contributed by atoms with Gasteiger partial charge in [0.2, 0.25) is 0 Å². The summed E-state index contributed by atoms with van der Waals surface area (Å²) in [7, 11) is 0. The van der Waals surface area contributed by atoms with Gasteiger partial charge in [-0.05, 0) is 54.8 Å². The van der Waals surface area contributed by atoms with Crippen molar-refractivity contribution in [3.63, 3.8) is 0 Å². The lowest BCUT2D eigenvalue weighted by Gasteiger charge is -2.23. The normalized spacial score (nSPS) is 17.5. The Balaban J connectivity index is 1.52. The molecule has 0 bridgehead atoms. The first-order valence-electron chi connectivity index (χ1n) is 8.06. The van der Waals surface area contributed by atoms with E-state index in [0.29, 0.717) is 12.2 Å². The molecule has 3 nitrogen and oxygen atoms in total. The second-order valence-corrected chi connectivity index (χ2v) is 7.31. The number of nitrogens with one attached hydrogen (secondary N) is 1. The highest BCUT2D eigenvalue weighted by Gasteiger charge is 2.16. The van der Waals surface area contributed by atoms with Crippen molar-refractivity contribution in [3.05, 3.63) is 64.7 Å². The molecule has 2 aromatic carbocycles. The Morgan fingerprint density at radius 2 is 1.92 bits per heavy atom.